The molecule has 0 saturated carbocycles. The minimum absolute atomic E-state index is 0.0914. The van der Waals surface area contributed by atoms with Gasteiger partial charge in [0.05, 0.1) is 11.8 Å². The summed E-state index contributed by atoms with van der Waals surface area (Å²) in [7, 11) is 0. The molecular weight excluding hydrogens is 280 g/mol. The van der Waals surface area contributed by atoms with Crippen LogP contribution in [0.2, 0.25) is 0 Å². The third-order valence-corrected chi connectivity index (χ3v) is 4.01. The molecule has 1 atom stereocenters. The van der Waals surface area contributed by atoms with Crippen molar-refractivity contribution in [1.29, 1.82) is 0 Å². The van der Waals surface area contributed by atoms with Gasteiger partial charge in [-0.1, -0.05) is 0 Å². The van der Waals surface area contributed by atoms with Crippen LogP contribution in [0.15, 0.2) is 0 Å². The van der Waals surface area contributed by atoms with E-state index in [9.17, 15) is 4.79 Å². The van der Waals surface area contributed by atoms with Gasteiger partial charge in [-0.3, -0.25) is 14.4 Å². The Hall–Kier alpha value is -1.40. The molecule has 1 aromatic rings. The number of esters is 1. The second kappa shape index (κ2) is 7.24. The van der Waals surface area contributed by atoms with Gasteiger partial charge in [0.15, 0.2) is 0 Å². The average molecular weight is 308 g/mol. The summed E-state index contributed by atoms with van der Waals surface area (Å²) >= 11 is 0. The van der Waals surface area contributed by atoms with Crippen LogP contribution in [0.25, 0.3) is 0 Å². The Morgan fingerprint density at radius 2 is 2.18 bits per heavy atom. The summed E-state index contributed by atoms with van der Waals surface area (Å²) in [6.45, 7) is 14.1. The number of ether oxygens (including phenoxy) is 1. The Morgan fingerprint density at radius 1 is 1.45 bits per heavy atom. The highest BCUT2D eigenvalue weighted by molar-refractivity contribution is 5.69. The summed E-state index contributed by atoms with van der Waals surface area (Å²) in [5, 5.41) is 7.97. The Bertz CT molecular complexity index is 524. The van der Waals surface area contributed by atoms with Gasteiger partial charge in [0.1, 0.15) is 6.54 Å². The number of hydrogen-bond acceptors (Lipinski definition) is 5. The lowest BCUT2D eigenvalue weighted by Gasteiger charge is -2.31. The maximum Gasteiger partial charge on any atom is 0.328 e. The normalized spacial score (nSPS) is 19.6. The van der Waals surface area contributed by atoms with Crippen molar-refractivity contribution in [2.45, 2.75) is 59.9 Å². The van der Waals surface area contributed by atoms with Gasteiger partial charge in [0.25, 0.3) is 0 Å². The number of carbonyl (C=O) groups is 1. The van der Waals surface area contributed by atoms with Crippen molar-refractivity contribution in [3.05, 3.63) is 17.0 Å². The van der Waals surface area contributed by atoms with Gasteiger partial charge in [0, 0.05) is 43.5 Å². The Morgan fingerprint density at radius 3 is 2.82 bits per heavy atom. The van der Waals surface area contributed by atoms with Gasteiger partial charge < -0.3 is 10.1 Å². The fourth-order valence-corrected chi connectivity index (χ4v) is 2.92. The summed E-state index contributed by atoms with van der Waals surface area (Å²) in [6, 6.07) is 0.519. The second-order valence-corrected chi connectivity index (χ2v) is 6.44. The van der Waals surface area contributed by atoms with E-state index in [4.69, 9.17) is 4.74 Å². The molecule has 0 bridgehead atoms. The van der Waals surface area contributed by atoms with E-state index in [1.807, 2.05) is 27.7 Å². The first kappa shape index (κ1) is 17.0. The molecule has 1 N–H and O–H groups in total. The quantitative estimate of drug-likeness (QED) is 0.830. The zero-order valence-electron chi connectivity index (χ0n) is 14.3. The number of nitrogens with zero attached hydrogens (tertiary/aromatic N) is 3. The fourth-order valence-electron chi connectivity index (χ4n) is 2.92. The van der Waals surface area contributed by atoms with Gasteiger partial charge in [-0.05, 0) is 34.6 Å². The molecule has 2 heterocycles. The molecule has 1 fully saturated rings. The minimum Gasteiger partial charge on any atom is -0.462 e. The number of piperazine rings is 1. The van der Waals surface area contributed by atoms with E-state index in [1.54, 1.807) is 4.68 Å². The summed E-state index contributed by atoms with van der Waals surface area (Å²) in [5.41, 5.74) is 3.29. The molecule has 6 heteroatoms. The monoisotopic (exact) mass is 308 g/mol. The summed E-state index contributed by atoms with van der Waals surface area (Å²) in [6.07, 6.45) is -0.0914. The maximum absolute atomic E-state index is 11.8. The zero-order valence-corrected chi connectivity index (χ0v) is 14.3. The smallest absolute Gasteiger partial charge is 0.328 e. The predicted octanol–water partition coefficient (Wildman–Crippen LogP) is 1.25. The van der Waals surface area contributed by atoms with Crippen molar-refractivity contribution in [2.24, 2.45) is 0 Å². The van der Waals surface area contributed by atoms with Crippen LogP contribution >= 0.6 is 0 Å². The van der Waals surface area contributed by atoms with Crippen LogP contribution in [0.1, 0.15) is 37.7 Å². The number of rotatable bonds is 5. The molecule has 1 aliphatic heterocycles. The topological polar surface area (TPSA) is 59.4 Å². The molecule has 0 amide bonds. The van der Waals surface area contributed by atoms with Crippen LogP contribution in [0.4, 0.5) is 0 Å². The number of aryl methyl sites for hydroxylation is 1. The van der Waals surface area contributed by atoms with E-state index in [0.717, 1.165) is 37.6 Å². The standard InChI is InChI=1S/C16H28N4O2/c1-11(2)22-16(21)10-20-14(5)15(13(4)18-20)9-19-7-6-17-12(3)8-19/h11-12,17H,6-10H2,1-5H3/t12-/m1/s1. The molecule has 1 aliphatic rings. The van der Waals surface area contributed by atoms with Gasteiger partial charge >= 0.3 is 5.97 Å². The molecule has 1 aromatic heterocycles. The summed E-state index contributed by atoms with van der Waals surface area (Å²) in [4.78, 5) is 14.3. The Balaban J connectivity index is 2.05. The van der Waals surface area contributed by atoms with E-state index >= 15 is 0 Å². The number of aromatic nitrogens is 2. The van der Waals surface area contributed by atoms with Crippen LogP contribution in [-0.4, -0.2) is 52.4 Å². The fraction of sp³-hybridized carbons (Fsp3) is 0.750. The summed E-state index contributed by atoms with van der Waals surface area (Å²) in [5.74, 6) is -0.233. The third-order valence-electron chi connectivity index (χ3n) is 4.01. The van der Waals surface area contributed by atoms with Crippen LogP contribution in [0.3, 0.4) is 0 Å². The lowest BCUT2D eigenvalue weighted by Crippen LogP contribution is -2.48. The van der Waals surface area contributed by atoms with Crippen LogP contribution in [-0.2, 0) is 22.6 Å². The molecule has 0 aliphatic carbocycles. The number of hydrogen-bond donors (Lipinski definition) is 1. The second-order valence-electron chi connectivity index (χ2n) is 6.44. The van der Waals surface area contributed by atoms with Gasteiger partial charge in [-0.25, -0.2) is 0 Å². The molecule has 1 saturated heterocycles. The number of carbonyl (C=O) groups excluding carboxylic acids is 1. The molecule has 22 heavy (non-hydrogen) atoms. The highest BCUT2D eigenvalue weighted by Gasteiger charge is 2.20. The van der Waals surface area contributed by atoms with Crippen LogP contribution in [0, 0.1) is 13.8 Å². The molecular formula is C16H28N4O2. The van der Waals surface area contributed by atoms with E-state index < -0.39 is 0 Å². The average Bonchev–Trinajstić information content (AvgIpc) is 2.65. The SMILES string of the molecule is Cc1nn(CC(=O)OC(C)C)c(C)c1CN1CCN[C@H](C)C1. The molecule has 2 rings (SSSR count). The van der Waals surface area contributed by atoms with E-state index in [1.165, 1.54) is 5.56 Å². The first-order valence-corrected chi connectivity index (χ1v) is 8.05. The van der Waals surface area contributed by atoms with Crippen molar-refractivity contribution in [2.75, 3.05) is 19.6 Å². The first-order valence-electron chi connectivity index (χ1n) is 8.05. The summed E-state index contributed by atoms with van der Waals surface area (Å²) < 4.78 is 6.97. The highest BCUT2D eigenvalue weighted by atomic mass is 16.5. The molecule has 124 valence electrons. The maximum atomic E-state index is 11.8. The van der Waals surface area contributed by atoms with E-state index in [0.29, 0.717) is 6.04 Å². The van der Waals surface area contributed by atoms with Crippen molar-refractivity contribution in [3.8, 4) is 0 Å². The third kappa shape index (κ3) is 4.30. The first-order chi connectivity index (χ1) is 10.4. The van der Waals surface area contributed by atoms with Crippen LogP contribution in [0.5, 0.6) is 0 Å². The van der Waals surface area contributed by atoms with Crippen molar-refractivity contribution in [3.63, 3.8) is 0 Å². The molecule has 0 spiro atoms. The van der Waals surface area contributed by atoms with Crippen LogP contribution < -0.4 is 5.32 Å². The van der Waals surface area contributed by atoms with Gasteiger partial charge in [-0.15, -0.1) is 0 Å². The van der Waals surface area contributed by atoms with E-state index in [2.05, 4.69) is 22.2 Å². The molecule has 6 nitrogen and oxygen atoms in total. The lowest BCUT2D eigenvalue weighted by molar-refractivity contribution is -0.148. The Kier molecular flexibility index (Phi) is 5.58. The molecule has 0 unspecified atom stereocenters. The molecule has 0 aromatic carbocycles. The van der Waals surface area contributed by atoms with Crippen molar-refractivity contribution in [1.82, 2.24) is 20.0 Å². The van der Waals surface area contributed by atoms with Crippen molar-refractivity contribution >= 4 is 5.97 Å². The Labute approximate surface area is 132 Å². The zero-order chi connectivity index (χ0) is 16.3. The minimum atomic E-state index is -0.233. The predicted molar refractivity (Wildman–Crippen MR) is 85.7 cm³/mol. The lowest BCUT2D eigenvalue weighted by atomic mass is 10.1. The van der Waals surface area contributed by atoms with Crippen molar-refractivity contribution < 1.29 is 9.53 Å². The molecule has 0 radical (unpaired) electrons. The van der Waals surface area contributed by atoms with E-state index in [-0.39, 0.29) is 18.6 Å². The van der Waals surface area contributed by atoms with Gasteiger partial charge in [-0.2, -0.15) is 5.10 Å². The largest absolute Gasteiger partial charge is 0.462 e. The highest BCUT2D eigenvalue weighted by Crippen LogP contribution is 2.17. The van der Waals surface area contributed by atoms with Gasteiger partial charge in [0.2, 0.25) is 0 Å². The number of nitrogens with one attached hydrogen (secondary N) is 1.